The molecular weight excluding hydrogens is 364 g/mol. The Morgan fingerprint density at radius 1 is 1.60 bits per heavy atom. The van der Waals surface area contributed by atoms with Gasteiger partial charge in [-0.05, 0) is 35.0 Å². The van der Waals surface area contributed by atoms with E-state index in [4.69, 9.17) is 5.73 Å². The van der Waals surface area contributed by atoms with Crippen molar-refractivity contribution in [1.29, 1.82) is 0 Å². The van der Waals surface area contributed by atoms with E-state index in [2.05, 4.69) is 25.8 Å². The van der Waals surface area contributed by atoms with Crippen LogP contribution in [0.1, 0.15) is 11.8 Å². The molecule has 0 fully saturated rings. The summed E-state index contributed by atoms with van der Waals surface area (Å²) in [6.45, 7) is 2.59. The molecule has 0 saturated heterocycles. The molecule has 0 radical (unpaired) electrons. The Morgan fingerprint density at radius 3 is 2.90 bits per heavy atom. The van der Waals surface area contributed by atoms with Gasteiger partial charge in [0.2, 0.25) is 10.0 Å². The average molecular weight is 379 g/mol. The van der Waals surface area contributed by atoms with Gasteiger partial charge in [-0.2, -0.15) is 5.10 Å². The maximum Gasteiger partial charge on any atom is 0.242 e. The fourth-order valence-electron chi connectivity index (χ4n) is 1.74. The first-order valence-electron chi connectivity index (χ1n) is 5.90. The van der Waals surface area contributed by atoms with Crippen LogP contribution in [0.15, 0.2) is 33.2 Å². The topological polar surface area (TPSA) is 90.0 Å². The van der Waals surface area contributed by atoms with Crippen molar-refractivity contribution in [1.82, 2.24) is 14.5 Å². The SMILES string of the molecule is CC(Cn1cccn1)NS(=O)(=O)c1cc(CN)sc1Br. The van der Waals surface area contributed by atoms with Crippen LogP contribution in [0.5, 0.6) is 0 Å². The lowest BCUT2D eigenvalue weighted by atomic mass is 10.4. The van der Waals surface area contributed by atoms with E-state index in [0.29, 0.717) is 16.9 Å². The van der Waals surface area contributed by atoms with Crippen LogP contribution in [0.25, 0.3) is 0 Å². The van der Waals surface area contributed by atoms with Crippen molar-refractivity contribution in [2.24, 2.45) is 5.73 Å². The fraction of sp³-hybridized carbons (Fsp3) is 0.364. The number of nitrogens with one attached hydrogen (secondary N) is 1. The molecule has 0 aliphatic rings. The first kappa shape index (κ1) is 15.6. The van der Waals surface area contributed by atoms with Gasteiger partial charge in [0.25, 0.3) is 0 Å². The Morgan fingerprint density at radius 2 is 2.35 bits per heavy atom. The number of thiophene rings is 1. The highest BCUT2D eigenvalue weighted by molar-refractivity contribution is 9.11. The number of halogens is 1. The van der Waals surface area contributed by atoms with Crippen molar-refractivity contribution in [3.8, 4) is 0 Å². The number of nitrogens with two attached hydrogens (primary N) is 1. The normalized spacial score (nSPS) is 13.6. The van der Waals surface area contributed by atoms with E-state index >= 15 is 0 Å². The second-order valence-corrected chi connectivity index (χ2v) is 8.44. The minimum Gasteiger partial charge on any atom is -0.326 e. The van der Waals surface area contributed by atoms with Crippen molar-refractivity contribution in [3.63, 3.8) is 0 Å². The highest BCUT2D eigenvalue weighted by Crippen LogP contribution is 2.31. The van der Waals surface area contributed by atoms with Crippen molar-refractivity contribution < 1.29 is 8.42 Å². The molecule has 110 valence electrons. The Bertz CT molecular complexity index is 667. The summed E-state index contributed by atoms with van der Waals surface area (Å²) in [5.74, 6) is 0. The lowest BCUT2D eigenvalue weighted by molar-refractivity contribution is 0.494. The lowest BCUT2D eigenvalue weighted by Crippen LogP contribution is -2.35. The number of hydrogen-bond acceptors (Lipinski definition) is 5. The molecule has 0 aliphatic heterocycles. The minimum atomic E-state index is -3.57. The average Bonchev–Trinajstić information content (AvgIpc) is 2.97. The van der Waals surface area contributed by atoms with Gasteiger partial charge >= 0.3 is 0 Å². The molecule has 0 aromatic carbocycles. The van der Waals surface area contributed by atoms with Gasteiger partial charge in [-0.15, -0.1) is 11.3 Å². The molecule has 0 spiro atoms. The third-order valence-corrected chi connectivity index (χ3v) is 6.44. The highest BCUT2D eigenvalue weighted by Gasteiger charge is 2.22. The van der Waals surface area contributed by atoms with Gasteiger partial charge in [-0.25, -0.2) is 13.1 Å². The van der Waals surface area contributed by atoms with Crippen LogP contribution < -0.4 is 10.5 Å². The summed E-state index contributed by atoms with van der Waals surface area (Å²) in [5, 5.41) is 4.05. The van der Waals surface area contributed by atoms with Gasteiger partial charge in [-0.1, -0.05) is 0 Å². The molecule has 2 aromatic rings. The molecule has 1 unspecified atom stereocenters. The fourth-order valence-corrected chi connectivity index (χ4v) is 5.53. The quantitative estimate of drug-likeness (QED) is 0.797. The zero-order valence-corrected chi connectivity index (χ0v) is 14.0. The number of nitrogens with zero attached hydrogens (tertiary/aromatic N) is 2. The van der Waals surface area contributed by atoms with Crippen LogP contribution in [0.4, 0.5) is 0 Å². The van der Waals surface area contributed by atoms with E-state index < -0.39 is 10.0 Å². The van der Waals surface area contributed by atoms with Crippen LogP contribution >= 0.6 is 27.3 Å². The van der Waals surface area contributed by atoms with Gasteiger partial charge in [0.05, 0.1) is 10.3 Å². The molecule has 3 N–H and O–H groups in total. The van der Waals surface area contributed by atoms with Crippen LogP contribution in [-0.2, 0) is 23.1 Å². The van der Waals surface area contributed by atoms with E-state index in [-0.39, 0.29) is 10.9 Å². The van der Waals surface area contributed by atoms with Gasteiger partial charge < -0.3 is 5.73 Å². The molecule has 6 nitrogen and oxygen atoms in total. The third-order valence-electron chi connectivity index (χ3n) is 2.57. The largest absolute Gasteiger partial charge is 0.326 e. The molecule has 0 saturated carbocycles. The van der Waals surface area contributed by atoms with E-state index in [1.165, 1.54) is 11.3 Å². The standard InChI is InChI=1S/C11H15BrN4O2S2/c1-8(7-16-4-2-3-14-16)15-20(17,18)10-5-9(6-13)19-11(10)12/h2-5,8,15H,6-7,13H2,1H3. The van der Waals surface area contributed by atoms with Crippen LogP contribution in [0.2, 0.25) is 0 Å². The molecule has 2 rings (SSSR count). The Hall–Kier alpha value is -0.740. The Balaban J connectivity index is 2.12. The van der Waals surface area contributed by atoms with E-state index in [1.807, 2.05) is 0 Å². The summed E-state index contributed by atoms with van der Waals surface area (Å²) >= 11 is 4.60. The lowest BCUT2D eigenvalue weighted by Gasteiger charge is -2.13. The number of rotatable bonds is 6. The number of aromatic nitrogens is 2. The first-order chi connectivity index (χ1) is 9.42. The molecule has 2 heterocycles. The van der Waals surface area contributed by atoms with Gasteiger partial charge in [0.15, 0.2) is 0 Å². The van der Waals surface area contributed by atoms with Crippen molar-refractivity contribution in [2.45, 2.75) is 31.0 Å². The van der Waals surface area contributed by atoms with Gasteiger partial charge in [-0.3, -0.25) is 4.68 Å². The minimum absolute atomic E-state index is 0.232. The number of hydrogen-bond donors (Lipinski definition) is 2. The van der Waals surface area contributed by atoms with Gasteiger partial charge in [0, 0.05) is 29.9 Å². The van der Waals surface area contributed by atoms with E-state index in [9.17, 15) is 8.42 Å². The summed E-state index contributed by atoms with van der Waals surface area (Å²) in [7, 11) is -3.57. The molecule has 20 heavy (non-hydrogen) atoms. The summed E-state index contributed by atoms with van der Waals surface area (Å²) in [5.41, 5.74) is 5.53. The van der Waals surface area contributed by atoms with Crippen molar-refractivity contribution in [2.75, 3.05) is 0 Å². The predicted octanol–water partition coefficient (Wildman–Crippen LogP) is 1.53. The van der Waals surface area contributed by atoms with Crippen molar-refractivity contribution >= 4 is 37.3 Å². The van der Waals surface area contributed by atoms with E-state index in [1.54, 1.807) is 36.1 Å². The summed E-state index contributed by atoms with van der Waals surface area (Å²) in [6.07, 6.45) is 3.45. The second-order valence-electron chi connectivity index (χ2n) is 4.31. The molecular formula is C11H15BrN4O2S2. The van der Waals surface area contributed by atoms with Crippen molar-refractivity contribution in [3.05, 3.63) is 33.2 Å². The summed E-state index contributed by atoms with van der Waals surface area (Å²) < 4.78 is 29.5. The Kier molecular flexibility index (Phi) is 4.97. The second kappa shape index (κ2) is 6.35. The van der Waals surface area contributed by atoms with Gasteiger partial charge in [0.1, 0.15) is 4.90 Å². The molecule has 1 atom stereocenters. The maximum absolute atomic E-state index is 12.3. The molecule has 0 aliphatic carbocycles. The molecule has 0 bridgehead atoms. The highest BCUT2D eigenvalue weighted by atomic mass is 79.9. The zero-order valence-electron chi connectivity index (χ0n) is 10.8. The third kappa shape index (κ3) is 3.67. The first-order valence-corrected chi connectivity index (χ1v) is 8.99. The number of sulfonamides is 1. The van der Waals surface area contributed by atoms with Crippen LogP contribution in [-0.4, -0.2) is 24.2 Å². The molecule has 0 amide bonds. The van der Waals surface area contributed by atoms with Crippen LogP contribution in [0, 0.1) is 0 Å². The zero-order chi connectivity index (χ0) is 14.8. The van der Waals surface area contributed by atoms with Crippen LogP contribution in [0.3, 0.4) is 0 Å². The smallest absolute Gasteiger partial charge is 0.242 e. The Labute approximate surface area is 130 Å². The molecule has 2 aromatic heterocycles. The monoisotopic (exact) mass is 378 g/mol. The predicted molar refractivity (Wildman–Crippen MR) is 81.9 cm³/mol. The molecule has 9 heteroatoms. The van der Waals surface area contributed by atoms with E-state index in [0.717, 1.165) is 4.88 Å². The maximum atomic E-state index is 12.3. The summed E-state index contributed by atoms with van der Waals surface area (Å²) in [6, 6.07) is 3.12. The summed E-state index contributed by atoms with van der Waals surface area (Å²) in [4.78, 5) is 1.05.